The van der Waals surface area contributed by atoms with Gasteiger partial charge < -0.3 is 9.47 Å². The zero-order chi connectivity index (χ0) is 18.4. The molecule has 1 aromatic carbocycles. The van der Waals surface area contributed by atoms with Gasteiger partial charge in [0.15, 0.2) is 11.5 Å². The molecule has 0 spiro atoms. The summed E-state index contributed by atoms with van der Waals surface area (Å²) < 4.78 is 12.1. The lowest BCUT2D eigenvalue weighted by Gasteiger charge is -2.19. The van der Waals surface area contributed by atoms with Crippen molar-refractivity contribution in [3.8, 4) is 11.5 Å². The molecule has 8 nitrogen and oxygen atoms in total. The molecule has 0 aliphatic carbocycles. The van der Waals surface area contributed by atoms with Gasteiger partial charge in [-0.3, -0.25) is 24.4 Å². The fraction of sp³-hybridized carbons (Fsp3) is 0.353. The van der Waals surface area contributed by atoms with Crippen LogP contribution in [0.1, 0.15) is 12.5 Å². The Morgan fingerprint density at radius 1 is 1.24 bits per heavy atom. The van der Waals surface area contributed by atoms with Crippen molar-refractivity contribution < 1.29 is 14.4 Å². The van der Waals surface area contributed by atoms with Crippen molar-refractivity contribution >= 4 is 5.69 Å². The second kappa shape index (κ2) is 8.29. The molecule has 0 fully saturated rings. The largest absolute Gasteiger partial charge is 0.493 e. The second-order valence-corrected chi connectivity index (χ2v) is 5.53. The van der Waals surface area contributed by atoms with Crippen molar-refractivity contribution in [2.24, 2.45) is 0 Å². The maximum absolute atomic E-state index is 11.9. The van der Waals surface area contributed by atoms with Crippen LogP contribution < -0.4 is 15.0 Å². The molecule has 134 valence electrons. The number of ether oxygens (including phenoxy) is 2. The Kier molecular flexibility index (Phi) is 6.13. The van der Waals surface area contributed by atoms with Crippen LogP contribution >= 0.6 is 0 Å². The van der Waals surface area contributed by atoms with E-state index in [4.69, 9.17) is 9.47 Å². The number of aromatic nitrogens is 1. The lowest BCUT2D eigenvalue weighted by molar-refractivity contribution is -0.385. The molecule has 2 rings (SSSR count). The highest BCUT2D eigenvalue weighted by Gasteiger charge is 2.11. The predicted molar refractivity (Wildman–Crippen MR) is 93.0 cm³/mol. The van der Waals surface area contributed by atoms with Gasteiger partial charge in [-0.1, -0.05) is 6.07 Å². The van der Waals surface area contributed by atoms with E-state index in [2.05, 4.69) is 0 Å². The Hall–Kier alpha value is -2.87. The van der Waals surface area contributed by atoms with Gasteiger partial charge in [-0.15, -0.1) is 0 Å². The van der Waals surface area contributed by atoms with Gasteiger partial charge in [-0.2, -0.15) is 0 Å². The maximum atomic E-state index is 11.9. The topological polar surface area (TPSA) is 86.8 Å². The monoisotopic (exact) mass is 347 g/mol. The second-order valence-electron chi connectivity index (χ2n) is 5.53. The summed E-state index contributed by atoms with van der Waals surface area (Å²) in [4.78, 5) is 24.1. The normalized spacial score (nSPS) is 10.7. The van der Waals surface area contributed by atoms with Crippen molar-refractivity contribution in [3.63, 3.8) is 0 Å². The van der Waals surface area contributed by atoms with Crippen LogP contribution in [0.2, 0.25) is 0 Å². The predicted octanol–water partition coefficient (Wildman–Crippen LogP) is 2.25. The Balaban J connectivity index is 2.12. The zero-order valence-electron chi connectivity index (χ0n) is 14.5. The van der Waals surface area contributed by atoms with Gasteiger partial charge >= 0.3 is 0 Å². The number of benzene rings is 1. The Labute approximate surface area is 145 Å². The summed E-state index contributed by atoms with van der Waals surface area (Å²) in [7, 11) is 3.40. The quantitative estimate of drug-likeness (QED) is 0.538. The molecule has 2 aromatic rings. The van der Waals surface area contributed by atoms with Crippen LogP contribution in [0.25, 0.3) is 0 Å². The Morgan fingerprint density at radius 2 is 2.00 bits per heavy atom. The molecular formula is C17H21N3O5. The van der Waals surface area contributed by atoms with E-state index >= 15 is 0 Å². The van der Waals surface area contributed by atoms with E-state index in [0.717, 1.165) is 5.56 Å². The molecule has 0 radical (unpaired) electrons. The summed E-state index contributed by atoms with van der Waals surface area (Å²) in [6.45, 7) is 3.22. The SMILES string of the molecule is CCOc1ccc(CN(C)Cn2cc([N+](=O)[O-])ccc2=O)cc1OC. The highest BCUT2D eigenvalue weighted by atomic mass is 16.6. The van der Waals surface area contributed by atoms with Crippen LogP contribution in [-0.4, -0.2) is 35.2 Å². The van der Waals surface area contributed by atoms with E-state index in [-0.39, 0.29) is 17.9 Å². The first kappa shape index (κ1) is 18.5. The molecule has 0 unspecified atom stereocenters. The molecule has 8 heteroatoms. The first-order valence-corrected chi connectivity index (χ1v) is 7.77. The van der Waals surface area contributed by atoms with Gasteiger partial charge in [0, 0.05) is 18.7 Å². The molecule has 25 heavy (non-hydrogen) atoms. The van der Waals surface area contributed by atoms with Crippen LogP contribution in [0.5, 0.6) is 11.5 Å². The number of hydrogen-bond donors (Lipinski definition) is 0. The number of rotatable bonds is 8. The third-order valence-corrected chi connectivity index (χ3v) is 3.55. The summed E-state index contributed by atoms with van der Waals surface area (Å²) in [6.07, 6.45) is 1.25. The van der Waals surface area contributed by atoms with Gasteiger partial charge in [-0.05, 0) is 31.7 Å². The average molecular weight is 347 g/mol. The van der Waals surface area contributed by atoms with Crippen LogP contribution in [0, 0.1) is 10.1 Å². The summed E-state index contributed by atoms with van der Waals surface area (Å²) in [5.74, 6) is 1.31. The van der Waals surface area contributed by atoms with Gasteiger partial charge in [-0.25, -0.2) is 0 Å². The Morgan fingerprint density at radius 3 is 2.64 bits per heavy atom. The fourth-order valence-corrected chi connectivity index (χ4v) is 2.44. The summed E-state index contributed by atoms with van der Waals surface area (Å²) in [6, 6.07) is 8.03. The minimum absolute atomic E-state index is 0.115. The summed E-state index contributed by atoms with van der Waals surface area (Å²) in [5.41, 5.74) is 0.568. The molecule has 0 atom stereocenters. The van der Waals surface area contributed by atoms with E-state index in [1.165, 1.54) is 22.9 Å². The number of pyridine rings is 1. The average Bonchev–Trinajstić information content (AvgIpc) is 2.58. The molecule has 0 saturated carbocycles. The molecule has 0 saturated heterocycles. The van der Waals surface area contributed by atoms with Crippen molar-refractivity contribution in [2.75, 3.05) is 20.8 Å². The van der Waals surface area contributed by atoms with Gasteiger partial charge in [0.05, 0.1) is 31.5 Å². The van der Waals surface area contributed by atoms with Crippen LogP contribution in [0.15, 0.2) is 41.3 Å². The smallest absolute Gasteiger partial charge is 0.285 e. The highest BCUT2D eigenvalue weighted by molar-refractivity contribution is 5.42. The van der Waals surface area contributed by atoms with Crippen molar-refractivity contribution in [3.05, 3.63) is 62.6 Å². The first-order valence-electron chi connectivity index (χ1n) is 7.77. The minimum atomic E-state index is -0.521. The molecule has 0 amide bonds. The first-order chi connectivity index (χ1) is 11.9. The number of nitro groups is 1. The molecule has 0 aliphatic heterocycles. The molecule has 1 aromatic heterocycles. The summed E-state index contributed by atoms with van der Waals surface area (Å²) in [5, 5.41) is 10.8. The van der Waals surface area contributed by atoms with E-state index in [1.54, 1.807) is 7.11 Å². The minimum Gasteiger partial charge on any atom is -0.493 e. The summed E-state index contributed by atoms with van der Waals surface area (Å²) >= 11 is 0. The number of nitrogens with zero attached hydrogens (tertiary/aromatic N) is 3. The maximum Gasteiger partial charge on any atom is 0.285 e. The van der Waals surface area contributed by atoms with Gasteiger partial charge in [0.2, 0.25) is 0 Å². The number of methoxy groups -OCH3 is 1. The molecule has 1 heterocycles. The van der Waals surface area contributed by atoms with Gasteiger partial charge in [0.25, 0.3) is 11.2 Å². The van der Waals surface area contributed by atoms with Crippen LogP contribution in [0.4, 0.5) is 5.69 Å². The Bertz CT molecular complexity index is 803. The molecule has 0 bridgehead atoms. The zero-order valence-corrected chi connectivity index (χ0v) is 14.5. The number of hydrogen-bond acceptors (Lipinski definition) is 6. The van der Waals surface area contributed by atoms with E-state index in [0.29, 0.717) is 24.7 Å². The molecular weight excluding hydrogens is 326 g/mol. The van der Waals surface area contributed by atoms with Crippen molar-refractivity contribution in [1.29, 1.82) is 0 Å². The van der Waals surface area contributed by atoms with E-state index < -0.39 is 4.92 Å². The van der Waals surface area contributed by atoms with Gasteiger partial charge in [0.1, 0.15) is 0 Å². The third kappa shape index (κ3) is 4.80. The lowest BCUT2D eigenvalue weighted by Crippen LogP contribution is -2.29. The van der Waals surface area contributed by atoms with E-state index in [9.17, 15) is 14.9 Å². The standard InChI is InChI=1S/C17H21N3O5/c1-4-25-15-7-5-13(9-16(15)24-3)10-18(2)12-19-11-14(20(22)23)6-8-17(19)21/h5-9,11H,4,10,12H2,1-3H3. The molecule has 0 aliphatic rings. The molecule has 0 N–H and O–H groups in total. The van der Waals surface area contributed by atoms with Crippen LogP contribution in [0.3, 0.4) is 0 Å². The fourth-order valence-electron chi connectivity index (χ4n) is 2.44. The van der Waals surface area contributed by atoms with Crippen LogP contribution in [-0.2, 0) is 13.2 Å². The lowest BCUT2D eigenvalue weighted by atomic mass is 10.2. The third-order valence-electron chi connectivity index (χ3n) is 3.55. The van der Waals surface area contributed by atoms with E-state index in [1.807, 2.05) is 37.1 Å². The van der Waals surface area contributed by atoms with Crippen molar-refractivity contribution in [1.82, 2.24) is 9.47 Å². The highest BCUT2D eigenvalue weighted by Crippen LogP contribution is 2.28. The van der Waals surface area contributed by atoms with Crippen molar-refractivity contribution in [2.45, 2.75) is 20.1 Å².